The molecule has 0 amide bonds. The van der Waals surface area contributed by atoms with Crippen molar-refractivity contribution in [2.75, 3.05) is 33.3 Å². The number of sulfonamides is 1. The van der Waals surface area contributed by atoms with Gasteiger partial charge in [-0.3, -0.25) is 0 Å². The van der Waals surface area contributed by atoms with Crippen LogP contribution in [0.3, 0.4) is 0 Å². The molecule has 0 heterocycles. The minimum absolute atomic E-state index is 0.236. The Balaban J connectivity index is 2.71. The highest BCUT2D eigenvalue weighted by Gasteiger charge is 2.16. The summed E-state index contributed by atoms with van der Waals surface area (Å²) in [4.78, 5) is 1.60. The normalized spacial score (nSPS) is 11.8. The van der Waals surface area contributed by atoms with Crippen LogP contribution in [0.25, 0.3) is 0 Å². The number of hydrogen-bond donors (Lipinski definition) is 2. The first kappa shape index (κ1) is 17.4. The van der Waals surface area contributed by atoms with E-state index in [2.05, 4.69) is 34.5 Å². The number of ether oxygens (including phenoxy) is 1. The molecule has 7 heteroatoms. The highest BCUT2D eigenvalue weighted by molar-refractivity contribution is 9.10. The first-order valence-electron chi connectivity index (χ1n) is 6.61. The van der Waals surface area contributed by atoms with E-state index in [9.17, 15) is 8.42 Å². The number of benzene rings is 1. The van der Waals surface area contributed by atoms with E-state index >= 15 is 0 Å². The van der Waals surface area contributed by atoms with E-state index < -0.39 is 10.0 Å². The van der Waals surface area contributed by atoms with E-state index in [1.807, 2.05) is 0 Å². The second kappa shape index (κ2) is 7.97. The van der Waals surface area contributed by atoms with E-state index in [1.54, 1.807) is 19.2 Å². The lowest BCUT2D eigenvalue weighted by Gasteiger charge is -2.15. The Hall–Kier alpha value is -0.630. The lowest BCUT2D eigenvalue weighted by molar-refractivity contribution is -0.895. The monoisotopic (exact) mass is 365 g/mol. The molecule has 0 aliphatic carbocycles. The molecule has 114 valence electrons. The van der Waals surface area contributed by atoms with Gasteiger partial charge in [0.1, 0.15) is 5.75 Å². The van der Waals surface area contributed by atoms with Crippen LogP contribution in [0.2, 0.25) is 0 Å². The van der Waals surface area contributed by atoms with Crippen molar-refractivity contribution in [1.29, 1.82) is 0 Å². The summed E-state index contributed by atoms with van der Waals surface area (Å²) in [5.41, 5.74) is 0. The van der Waals surface area contributed by atoms with Gasteiger partial charge < -0.3 is 9.64 Å². The fraction of sp³-hybridized carbons (Fsp3) is 0.538. The molecule has 0 bridgehead atoms. The van der Waals surface area contributed by atoms with Gasteiger partial charge in [-0.2, -0.15) is 0 Å². The third-order valence-corrected chi connectivity index (χ3v) is 5.28. The van der Waals surface area contributed by atoms with Crippen molar-refractivity contribution in [2.45, 2.75) is 18.7 Å². The summed E-state index contributed by atoms with van der Waals surface area (Å²) in [6.07, 6.45) is 0. The molecule has 0 saturated carbocycles. The molecule has 0 fully saturated rings. The van der Waals surface area contributed by atoms with Gasteiger partial charge in [-0.25, -0.2) is 13.1 Å². The second-order valence-electron chi connectivity index (χ2n) is 4.40. The van der Waals surface area contributed by atoms with Crippen LogP contribution in [0.5, 0.6) is 5.75 Å². The average Bonchev–Trinajstić information content (AvgIpc) is 2.43. The zero-order valence-electron chi connectivity index (χ0n) is 12.1. The summed E-state index contributed by atoms with van der Waals surface area (Å²) in [7, 11) is -1.93. The van der Waals surface area contributed by atoms with E-state index in [4.69, 9.17) is 4.74 Å². The van der Waals surface area contributed by atoms with Crippen LogP contribution >= 0.6 is 15.9 Å². The zero-order valence-corrected chi connectivity index (χ0v) is 14.5. The Labute approximate surface area is 129 Å². The highest BCUT2D eigenvalue weighted by Crippen LogP contribution is 2.27. The molecule has 0 saturated heterocycles. The fourth-order valence-corrected chi connectivity index (χ4v) is 3.61. The topological polar surface area (TPSA) is 59.8 Å². The summed E-state index contributed by atoms with van der Waals surface area (Å²) in [6.45, 7) is 7.38. The Morgan fingerprint density at radius 1 is 1.30 bits per heavy atom. The first-order valence-corrected chi connectivity index (χ1v) is 8.89. The lowest BCUT2D eigenvalue weighted by Crippen LogP contribution is -3.12. The molecule has 20 heavy (non-hydrogen) atoms. The lowest BCUT2D eigenvalue weighted by atomic mass is 10.3. The molecule has 1 aromatic carbocycles. The number of nitrogens with one attached hydrogen (secondary N) is 2. The van der Waals surface area contributed by atoms with Gasteiger partial charge in [0.2, 0.25) is 10.0 Å². The van der Waals surface area contributed by atoms with Crippen LogP contribution in [0.1, 0.15) is 13.8 Å². The number of hydrogen-bond acceptors (Lipinski definition) is 3. The van der Waals surface area contributed by atoms with E-state index in [0.717, 1.165) is 19.6 Å². The molecule has 0 radical (unpaired) electrons. The standard InChI is InChI=1S/C13H21BrN2O3S/c1-4-16(5-2)9-8-15-20(17,18)11-6-7-13(19-3)12(14)10-11/h6-7,10,15H,4-5,8-9H2,1-3H3/p+1. The van der Waals surface area contributed by atoms with Crippen molar-refractivity contribution in [3.8, 4) is 5.75 Å². The van der Waals surface area contributed by atoms with Crippen LogP contribution in [0, 0.1) is 0 Å². The largest absolute Gasteiger partial charge is 0.496 e. The molecule has 1 aromatic rings. The SMILES string of the molecule is CC[NH+](CC)CCNS(=O)(=O)c1ccc(OC)c(Br)c1. The van der Waals surface area contributed by atoms with Crippen LogP contribution in [0.15, 0.2) is 27.6 Å². The smallest absolute Gasteiger partial charge is 0.240 e. The molecule has 1 rings (SSSR count). The number of halogens is 1. The van der Waals surface area contributed by atoms with Crippen LogP contribution in [0.4, 0.5) is 0 Å². The van der Waals surface area contributed by atoms with Crippen LogP contribution in [-0.4, -0.2) is 41.7 Å². The van der Waals surface area contributed by atoms with Gasteiger partial charge in [0.05, 0.1) is 42.7 Å². The summed E-state index contributed by atoms with van der Waals surface area (Å²) < 4.78 is 32.7. The molecule has 0 aliphatic rings. The zero-order chi connectivity index (χ0) is 15.2. The van der Waals surface area contributed by atoms with Gasteiger partial charge in [-0.15, -0.1) is 0 Å². The summed E-state index contributed by atoms with van der Waals surface area (Å²) in [5, 5.41) is 0. The maximum absolute atomic E-state index is 12.2. The van der Waals surface area contributed by atoms with Crippen LogP contribution in [-0.2, 0) is 10.0 Å². The van der Waals surface area contributed by atoms with Gasteiger partial charge in [0.15, 0.2) is 0 Å². The number of quaternary nitrogens is 1. The Bertz CT molecular complexity index is 530. The maximum Gasteiger partial charge on any atom is 0.240 e. The summed E-state index contributed by atoms with van der Waals surface area (Å²) >= 11 is 3.29. The average molecular weight is 366 g/mol. The number of likely N-dealkylation sites (N-methyl/N-ethyl adjacent to an activating group) is 1. The minimum atomic E-state index is -3.47. The molecule has 5 nitrogen and oxygen atoms in total. The van der Waals surface area contributed by atoms with E-state index in [1.165, 1.54) is 11.0 Å². The molecule has 0 atom stereocenters. The molecule has 0 aliphatic heterocycles. The number of rotatable bonds is 8. The van der Waals surface area contributed by atoms with Gasteiger partial charge in [0, 0.05) is 0 Å². The molecule has 0 spiro atoms. The second-order valence-corrected chi connectivity index (χ2v) is 7.02. The van der Waals surface area contributed by atoms with Crippen molar-refractivity contribution in [2.24, 2.45) is 0 Å². The van der Waals surface area contributed by atoms with Crippen molar-refractivity contribution >= 4 is 26.0 Å². The third kappa shape index (κ3) is 4.73. The summed E-state index contributed by atoms with van der Waals surface area (Å²) in [5.74, 6) is 0.608. The summed E-state index contributed by atoms with van der Waals surface area (Å²) in [6, 6.07) is 4.72. The van der Waals surface area contributed by atoms with Gasteiger partial charge >= 0.3 is 0 Å². The fourth-order valence-electron chi connectivity index (χ4n) is 1.86. The quantitative estimate of drug-likeness (QED) is 0.711. The van der Waals surface area contributed by atoms with Crippen molar-refractivity contribution in [3.63, 3.8) is 0 Å². The Morgan fingerprint density at radius 3 is 2.45 bits per heavy atom. The Kier molecular flexibility index (Phi) is 6.94. The van der Waals surface area contributed by atoms with Gasteiger partial charge in [0.25, 0.3) is 0 Å². The van der Waals surface area contributed by atoms with Crippen molar-refractivity contribution < 1.29 is 18.1 Å². The first-order chi connectivity index (χ1) is 9.44. The molecular weight excluding hydrogens is 344 g/mol. The number of methoxy groups -OCH3 is 1. The molecular formula is C13H22BrN2O3S+. The van der Waals surface area contributed by atoms with E-state index in [-0.39, 0.29) is 4.90 Å². The molecule has 0 unspecified atom stereocenters. The maximum atomic E-state index is 12.2. The van der Waals surface area contributed by atoms with Crippen molar-refractivity contribution in [1.82, 2.24) is 4.72 Å². The van der Waals surface area contributed by atoms with Crippen LogP contribution < -0.4 is 14.4 Å². The van der Waals surface area contributed by atoms with E-state index in [0.29, 0.717) is 16.8 Å². The van der Waals surface area contributed by atoms with Crippen molar-refractivity contribution in [3.05, 3.63) is 22.7 Å². The molecule has 2 N–H and O–H groups in total. The Morgan fingerprint density at radius 2 is 1.95 bits per heavy atom. The predicted molar refractivity (Wildman–Crippen MR) is 82.8 cm³/mol. The third-order valence-electron chi connectivity index (χ3n) is 3.20. The molecule has 0 aromatic heterocycles. The van der Waals surface area contributed by atoms with Gasteiger partial charge in [-0.1, -0.05) is 0 Å². The minimum Gasteiger partial charge on any atom is -0.496 e. The highest BCUT2D eigenvalue weighted by atomic mass is 79.9. The predicted octanol–water partition coefficient (Wildman–Crippen LogP) is 0.661. The van der Waals surface area contributed by atoms with Gasteiger partial charge in [-0.05, 0) is 48.0 Å².